The van der Waals surface area contributed by atoms with Gasteiger partial charge in [-0.3, -0.25) is 0 Å². The number of sulfonamides is 1. The molecule has 0 bridgehead atoms. The van der Waals surface area contributed by atoms with Crippen molar-refractivity contribution >= 4 is 27.8 Å². The average Bonchev–Trinajstić information content (AvgIpc) is 2.86. The number of carbonyl (C=O) groups excluding carboxylic acids is 1. The quantitative estimate of drug-likeness (QED) is 0.0781. The second-order valence-corrected chi connectivity index (χ2v) is 12.6. The molecule has 10 heteroatoms. The standard InChI is InChI=1S/C28H47F2NO5S2/c1-3-5-6-7-8-9-10-11-12-13-14-15-16-17-20-38(33,34)31-18-19-37-24-21-25(29)28(26(30)22-24)36-23-27(32)35-4-2/h21-22,31H,3-20,23H2,1-2H3. The van der Waals surface area contributed by atoms with Gasteiger partial charge in [-0.05, 0) is 25.5 Å². The normalized spacial score (nSPS) is 11.6. The van der Waals surface area contributed by atoms with Gasteiger partial charge >= 0.3 is 5.97 Å². The van der Waals surface area contributed by atoms with Gasteiger partial charge < -0.3 is 9.47 Å². The molecular weight excluding hydrogens is 532 g/mol. The summed E-state index contributed by atoms with van der Waals surface area (Å²) in [4.78, 5) is 11.6. The van der Waals surface area contributed by atoms with Crippen LogP contribution in [0.15, 0.2) is 17.0 Å². The summed E-state index contributed by atoms with van der Waals surface area (Å²) in [5.74, 6) is -2.82. The van der Waals surface area contributed by atoms with Crippen LogP contribution in [0.4, 0.5) is 8.78 Å². The largest absolute Gasteiger partial charge is 0.476 e. The van der Waals surface area contributed by atoms with Gasteiger partial charge in [-0.15, -0.1) is 11.8 Å². The average molecular weight is 580 g/mol. The predicted octanol–water partition coefficient (Wildman–Crippen LogP) is 7.40. The fourth-order valence-electron chi connectivity index (χ4n) is 4.02. The first-order valence-corrected chi connectivity index (χ1v) is 16.8. The molecule has 0 aromatic heterocycles. The molecule has 0 unspecified atom stereocenters. The van der Waals surface area contributed by atoms with Crippen molar-refractivity contribution in [3.63, 3.8) is 0 Å². The zero-order valence-corrected chi connectivity index (χ0v) is 24.8. The zero-order valence-electron chi connectivity index (χ0n) is 23.2. The number of unbranched alkanes of at least 4 members (excludes halogenated alkanes) is 13. The number of ether oxygens (including phenoxy) is 2. The summed E-state index contributed by atoms with van der Waals surface area (Å²) in [5, 5.41) is 0. The molecule has 0 aliphatic heterocycles. The van der Waals surface area contributed by atoms with Crippen molar-refractivity contribution in [1.29, 1.82) is 0 Å². The van der Waals surface area contributed by atoms with Crippen LogP contribution in [0.5, 0.6) is 5.75 Å². The number of thioether (sulfide) groups is 1. The Kier molecular flexibility index (Phi) is 19.5. The second-order valence-electron chi connectivity index (χ2n) is 9.47. The molecule has 1 aromatic rings. The number of hydrogen-bond acceptors (Lipinski definition) is 6. The van der Waals surface area contributed by atoms with Gasteiger partial charge in [0.1, 0.15) is 0 Å². The fraction of sp³-hybridized carbons (Fsp3) is 0.750. The van der Waals surface area contributed by atoms with Gasteiger partial charge in [-0.2, -0.15) is 0 Å². The van der Waals surface area contributed by atoms with E-state index < -0.39 is 40.0 Å². The van der Waals surface area contributed by atoms with Crippen LogP contribution in [0, 0.1) is 11.6 Å². The summed E-state index contributed by atoms with van der Waals surface area (Å²) >= 11 is 1.12. The highest BCUT2D eigenvalue weighted by Gasteiger charge is 2.15. The molecule has 0 amide bonds. The first kappa shape index (κ1) is 34.6. The first-order chi connectivity index (χ1) is 18.3. The Morgan fingerprint density at radius 3 is 1.84 bits per heavy atom. The second kappa shape index (κ2) is 21.4. The lowest BCUT2D eigenvalue weighted by molar-refractivity contribution is -0.145. The van der Waals surface area contributed by atoms with E-state index in [0.29, 0.717) is 17.1 Å². The molecule has 0 saturated heterocycles. The van der Waals surface area contributed by atoms with E-state index in [0.717, 1.165) is 43.2 Å². The number of halogens is 2. The zero-order chi connectivity index (χ0) is 28.1. The maximum Gasteiger partial charge on any atom is 0.344 e. The highest BCUT2D eigenvalue weighted by molar-refractivity contribution is 7.99. The van der Waals surface area contributed by atoms with Gasteiger partial charge in [0.05, 0.1) is 12.4 Å². The van der Waals surface area contributed by atoms with Crippen molar-refractivity contribution in [2.45, 2.75) is 109 Å². The van der Waals surface area contributed by atoms with Crippen LogP contribution in [-0.4, -0.2) is 45.7 Å². The molecular formula is C28H47F2NO5S2. The first-order valence-electron chi connectivity index (χ1n) is 14.2. The molecule has 1 aromatic carbocycles. The smallest absolute Gasteiger partial charge is 0.344 e. The molecule has 0 aliphatic carbocycles. The number of hydrogen-bond donors (Lipinski definition) is 1. The van der Waals surface area contributed by atoms with Crippen LogP contribution in [0.25, 0.3) is 0 Å². The molecule has 0 aliphatic rings. The van der Waals surface area contributed by atoms with Gasteiger partial charge in [0.15, 0.2) is 24.0 Å². The van der Waals surface area contributed by atoms with Gasteiger partial charge in [0.25, 0.3) is 0 Å². The molecule has 0 heterocycles. The van der Waals surface area contributed by atoms with Crippen molar-refractivity contribution in [3.8, 4) is 5.75 Å². The highest BCUT2D eigenvalue weighted by Crippen LogP contribution is 2.28. The van der Waals surface area contributed by atoms with Crippen LogP contribution >= 0.6 is 11.8 Å². The summed E-state index contributed by atoms with van der Waals surface area (Å²) < 4.78 is 64.8. The summed E-state index contributed by atoms with van der Waals surface area (Å²) in [5.41, 5.74) is 0. The van der Waals surface area contributed by atoms with E-state index in [1.165, 1.54) is 64.2 Å². The summed E-state index contributed by atoms with van der Waals surface area (Å²) in [6.45, 7) is 3.58. The topological polar surface area (TPSA) is 81.7 Å². The number of esters is 1. The van der Waals surface area contributed by atoms with Crippen molar-refractivity contribution in [1.82, 2.24) is 4.72 Å². The molecule has 0 saturated carbocycles. The molecule has 0 fully saturated rings. The lowest BCUT2D eigenvalue weighted by Crippen LogP contribution is -2.28. The third-order valence-electron chi connectivity index (χ3n) is 6.07. The maximum atomic E-state index is 14.2. The van der Waals surface area contributed by atoms with E-state index >= 15 is 0 Å². The molecule has 38 heavy (non-hydrogen) atoms. The molecule has 1 N–H and O–H groups in total. The molecule has 0 radical (unpaired) electrons. The minimum Gasteiger partial charge on any atom is -0.476 e. The Bertz CT molecular complexity index is 861. The number of carbonyl (C=O) groups is 1. The SMILES string of the molecule is CCCCCCCCCCCCCCCCS(=O)(=O)NCCSc1cc(F)c(OCC(=O)OCC)c(F)c1. The van der Waals surface area contributed by atoms with E-state index in [1.807, 2.05) is 0 Å². The number of nitrogens with one attached hydrogen (secondary N) is 1. The van der Waals surface area contributed by atoms with Crippen LogP contribution in [0.1, 0.15) is 104 Å². The number of benzene rings is 1. The van der Waals surface area contributed by atoms with Crippen molar-refractivity contribution in [3.05, 3.63) is 23.8 Å². The van der Waals surface area contributed by atoms with Crippen molar-refractivity contribution < 1.29 is 31.5 Å². The Morgan fingerprint density at radius 2 is 1.34 bits per heavy atom. The Balaban J connectivity index is 2.11. The third-order valence-corrected chi connectivity index (χ3v) is 8.52. The van der Waals surface area contributed by atoms with E-state index in [9.17, 15) is 22.0 Å². The van der Waals surface area contributed by atoms with E-state index in [1.54, 1.807) is 6.92 Å². The van der Waals surface area contributed by atoms with E-state index in [4.69, 9.17) is 4.74 Å². The van der Waals surface area contributed by atoms with Crippen molar-refractivity contribution in [2.24, 2.45) is 0 Å². The summed E-state index contributed by atoms with van der Waals surface area (Å²) in [7, 11) is -3.37. The van der Waals surface area contributed by atoms with Crippen LogP contribution in [0.2, 0.25) is 0 Å². The van der Waals surface area contributed by atoms with Crippen molar-refractivity contribution in [2.75, 3.05) is 31.3 Å². The number of rotatable bonds is 24. The Hall–Kier alpha value is -1.39. The van der Waals surface area contributed by atoms with Crippen LogP contribution in [-0.2, 0) is 19.6 Å². The highest BCUT2D eigenvalue weighted by atomic mass is 32.2. The Labute approximate surface area is 233 Å². The molecule has 6 nitrogen and oxygen atoms in total. The lowest BCUT2D eigenvalue weighted by Gasteiger charge is -2.10. The molecule has 220 valence electrons. The molecule has 0 atom stereocenters. The van der Waals surface area contributed by atoms with Gasteiger partial charge in [-0.1, -0.05) is 90.4 Å². The summed E-state index contributed by atoms with van der Waals surface area (Å²) in [6, 6.07) is 2.19. The minimum atomic E-state index is -3.37. The van der Waals surface area contributed by atoms with Crippen LogP contribution < -0.4 is 9.46 Å². The third kappa shape index (κ3) is 17.2. The van der Waals surface area contributed by atoms with Gasteiger partial charge in [-0.25, -0.2) is 26.7 Å². The molecule has 0 spiro atoms. The monoisotopic (exact) mass is 579 g/mol. The minimum absolute atomic E-state index is 0.0887. The fourth-order valence-corrected chi connectivity index (χ4v) is 6.10. The predicted molar refractivity (Wildman–Crippen MR) is 151 cm³/mol. The maximum absolute atomic E-state index is 14.2. The van der Waals surface area contributed by atoms with Crippen LogP contribution in [0.3, 0.4) is 0 Å². The van der Waals surface area contributed by atoms with Gasteiger partial charge in [0, 0.05) is 17.2 Å². The Morgan fingerprint density at radius 1 is 0.842 bits per heavy atom. The molecule has 1 rings (SSSR count). The van der Waals surface area contributed by atoms with E-state index in [2.05, 4.69) is 16.4 Å². The van der Waals surface area contributed by atoms with E-state index in [-0.39, 0.29) is 18.9 Å². The lowest BCUT2D eigenvalue weighted by atomic mass is 10.0. The summed E-state index contributed by atoms with van der Waals surface area (Å²) in [6.07, 6.45) is 17.0. The van der Waals surface area contributed by atoms with Gasteiger partial charge in [0.2, 0.25) is 10.0 Å².